The van der Waals surface area contributed by atoms with Crippen molar-refractivity contribution >= 4 is 11.8 Å². The summed E-state index contributed by atoms with van der Waals surface area (Å²) in [5.74, 6) is -0.875. The van der Waals surface area contributed by atoms with E-state index in [1.165, 1.54) is 25.1 Å². The summed E-state index contributed by atoms with van der Waals surface area (Å²) in [4.78, 5) is 25.3. The molecule has 1 N–H and O–H groups in total. The van der Waals surface area contributed by atoms with Gasteiger partial charge in [0, 0.05) is 33.0 Å². The van der Waals surface area contributed by atoms with Crippen molar-refractivity contribution in [3.63, 3.8) is 0 Å². The molecule has 0 aliphatic heterocycles. The number of benzene rings is 2. The normalized spacial score (nSPS) is 10.5. The van der Waals surface area contributed by atoms with E-state index in [2.05, 4.69) is 5.32 Å². The average Bonchev–Trinajstić information content (AvgIpc) is 2.64. The lowest BCUT2D eigenvalue weighted by atomic mass is 10.1. The molecule has 0 aliphatic carbocycles. The fourth-order valence-electron chi connectivity index (χ4n) is 2.70. The van der Waals surface area contributed by atoms with E-state index >= 15 is 0 Å². The first-order chi connectivity index (χ1) is 13.0. The van der Waals surface area contributed by atoms with Crippen LogP contribution in [0.15, 0.2) is 48.5 Å². The molecule has 0 spiro atoms. The van der Waals surface area contributed by atoms with Crippen LogP contribution in [0.1, 0.15) is 24.5 Å². The van der Waals surface area contributed by atoms with Crippen LogP contribution < -0.4 is 5.32 Å². The lowest BCUT2D eigenvalue weighted by molar-refractivity contribution is -0.129. The molecule has 4 nitrogen and oxygen atoms in total. The van der Waals surface area contributed by atoms with Gasteiger partial charge in [0.25, 0.3) is 0 Å². The second kappa shape index (κ2) is 10.4. The average molecular weight is 374 g/mol. The summed E-state index contributed by atoms with van der Waals surface area (Å²) in [6.45, 7) is 2.57. The van der Waals surface area contributed by atoms with Crippen molar-refractivity contribution in [1.29, 1.82) is 0 Å². The Morgan fingerprint density at radius 3 is 2.33 bits per heavy atom. The molecule has 27 heavy (non-hydrogen) atoms. The number of nitrogens with zero attached hydrogens (tertiary/aromatic N) is 1. The highest BCUT2D eigenvalue weighted by Crippen LogP contribution is 2.07. The van der Waals surface area contributed by atoms with Gasteiger partial charge in [-0.15, -0.1) is 0 Å². The molecule has 0 saturated heterocycles. The van der Waals surface area contributed by atoms with Crippen LogP contribution in [0.2, 0.25) is 0 Å². The van der Waals surface area contributed by atoms with Crippen molar-refractivity contribution in [3.8, 4) is 0 Å². The third-order valence-electron chi connectivity index (χ3n) is 4.31. The lowest BCUT2D eigenvalue weighted by Crippen LogP contribution is -2.35. The van der Waals surface area contributed by atoms with Crippen LogP contribution in [0, 0.1) is 11.6 Å². The van der Waals surface area contributed by atoms with E-state index in [-0.39, 0.29) is 29.9 Å². The monoisotopic (exact) mass is 374 g/mol. The summed E-state index contributed by atoms with van der Waals surface area (Å²) in [5, 5.41) is 2.75. The van der Waals surface area contributed by atoms with Crippen LogP contribution in [-0.2, 0) is 22.4 Å². The number of hydrogen-bond acceptors (Lipinski definition) is 2. The lowest BCUT2D eigenvalue weighted by Gasteiger charge is -2.21. The topological polar surface area (TPSA) is 49.4 Å². The fourth-order valence-corrected chi connectivity index (χ4v) is 2.70. The zero-order chi connectivity index (χ0) is 19.6. The van der Waals surface area contributed by atoms with Gasteiger partial charge in [-0.1, -0.05) is 30.3 Å². The molecule has 0 unspecified atom stereocenters. The molecule has 0 atom stereocenters. The number of amides is 2. The Kier molecular flexibility index (Phi) is 7.92. The Morgan fingerprint density at radius 1 is 0.963 bits per heavy atom. The van der Waals surface area contributed by atoms with Crippen LogP contribution in [0.5, 0.6) is 0 Å². The molecule has 144 valence electrons. The third-order valence-corrected chi connectivity index (χ3v) is 4.31. The molecule has 2 aromatic carbocycles. The Balaban J connectivity index is 1.72. The second-order valence-electron chi connectivity index (χ2n) is 6.32. The Morgan fingerprint density at radius 2 is 1.67 bits per heavy atom. The summed E-state index contributed by atoms with van der Waals surface area (Å²) in [5.41, 5.74) is 1.49. The van der Waals surface area contributed by atoms with Gasteiger partial charge in [-0.25, -0.2) is 8.78 Å². The van der Waals surface area contributed by atoms with Crippen molar-refractivity contribution in [2.24, 2.45) is 0 Å². The Hall–Kier alpha value is -2.76. The molecule has 0 saturated carbocycles. The molecule has 6 heteroatoms. The van der Waals surface area contributed by atoms with E-state index in [1.807, 2.05) is 0 Å². The number of rotatable bonds is 9. The minimum absolute atomic E-state index is 0.115. The van der Waals surface area contributed by atoms with Gasteiger partial charge in [0.05, 0.1) is 0 Å². The third kappa shape index (κ3) is 7.17. The van der Waals surface area contributed by atoms with Gasteiger partial charge in [0.2, 0.25) is 11.8 Å². The van der Waals surface area contributed by atoms with E-state index in [4.69, 9.17) is 0 Å². The van der Waals surface area contributed by atoms with Gasteiger partial charge in [-0.3, -0.25) is 9.59 Å². The number of nitrogens with one attached hydrogen (secondary N) is 1. The molecular formula is C21H24F2N2O2. The number of halogens is 2. The molecule has 0 bridgehead atoms. The largest absolute Gasteiger partial charge is 0.356 e. The van der Waals surface area contributed by atoms with E-state index in [9.17, 15) is 18.4 Å². The van der Waals surface area contributed by atoms with Crippen molar-refractivity contribution in [2.45, 2.75) is 26.2 Å². The molecule has 0 aromatic heterocycles. The van der Waals surface area contributed by atoms with Gasteiger partial charge in [0.1, 0.15) is 11.6 Å². The molecule has 2 amide bonds. The number of carbonyl (C=O) groups is 2. The van der Waals surface area contributed by atoms with Crippen molar-refractivity contribution in [2.75, 3.05) is 19.6 Å². The van der Waals surface area contributed by atoms with E-state index in [0.29, 0.717) is 38.0 Å². The highest BCUT2D eigenvalue weighted by atomic mass is 19.1. The van der Waals surface area contributed by atoms with Crippen LogP contribution in [0.25, 0.3) is 0 Å². The van der Waals surface area contributed by atoms with Crippen molar-refractivity contribution < 1.29 is 18.4 Å². The van der Waals surface area contributed by atoms with Gasteiger partial charge >= 0.3 is 0 Å². The number of hydrogen-bond donors (Lipinski definition) is 1. The van der Waals surface area contributed by atoms with Crippen molar-refractivity contribution in [3.05, 3.63) is 71.3 Å². The molecule has 2 aromatic rings. The first-order valence-electron chi connectivity index (χ1n) is 8.96. The van der Waals surface area contributed by atoms with Gasteiger partial charge in [-0.05, 0) is 42.2 Å². The first kappa shape index (κ1) is 20.6. The highest BCUT2D eigenvalue weighted by molar-refractivity contribution is 5.78. The predicted octanol–water partition coefficient (Wildman–Crippen LogP) is 3.10. The first-order valence-corrected chi connectivity index (χ1v) is 8.96. The minimum atomic E-state index is -0.297. The van der Waals surface area contributed by atoms with Crippen LogP contribution in [0.3, 0.4) is 0 Å². The maximum atomic E-state index is 13.5. The van der Waals surface area contributed by atoms with Crippen LogP contribution >= 0.6 is 0 Å². The van der Waals surface area contributed by atoms with Crippen LogP contribution in [-0.4, -0.2) is 36.3 Å². The summed E-state index contributed by atoms with van der Waals surface area (Å²) in [7, 11) is 0. The second-order valence-corrected chi connectivity index (χ2v) is 6.32. The summed E-state index contributed by atoms with van der Waals surface area (Å²) in [6, 6.07) is 12.6. The summed E-state index contributed by atoms with van der Waals surface area (Å²) >= 11 is 0. The quantitative estimate of drug-likeness (QED) is 0.733. The maximum Gasteiger partial charge on any atom is 0.221 e. The van der Waals surface area contributed by atoms with Crippen LogP contribution in [0.4, 0.5) is 8.78 Å². The summed E-state index contributed by atoms with van der Waals surface area (Å²) in [6.07, 6.45) is 1.19. The highest BCUT2D eigenvalue weighted by Gasteiger charge is 2.11. The number of carbonyl (C=O) groups excluding carboxylic acids is 2. The minimum Gasteiger partial charge on any atom is -0.356 e. The van der Waals surface area contributed by atoms with Gasteiger partial charge in [-0.2, -0.15) is 0 Å². The standard InChI is InChI=1S/C21H24F2N2O2/c1-16(26)25(14-11-17-6-8-19(22)9-7-17)15-12-21(27)24-13-10-18-4-2-3-5-20(18)23/h2-9H,10-15H2,1H3,(H,24,27). The predicted molar refractivity (Wildman–Crippen MR) is 100 cm³/mol. The van der Waals surface area contributed by atoms with Gasteiger partial charge < -0.3 is 10.2 Å². The summed E-state index contributed by atoms with van der Waals surface area (Å²) < 4.78 is 26.5. The Bertz CT molecular complexity index is 763. The zero-order valence-corrected chi connectivity index (χ0v) is 15.4. The SMILES string of the molecule is CC(=O)N(CCC(=O)NCCc1ccccc1F)CCc1ccc(F)cc1. The van der Waals surface area contributed by atoms with Crippen molar-refractivity contribution in [1.82, 2.24) is 10.2 Å². The van der Waals surface area contributed by atoms with E-state index < -0.39 is 0 Å². The fraction of sp³-hybridized carbons (Fsp3) is 0.333. The zero-order valence-electron chi connectivity index (χ0n) is 15.4. The Labute approximate surface area is 158 Å². The van der Waals surface area contributed by atoms with E-state index in [0.717, 1.165) is 5.56 Å². The molecular weight excluding hydrogens is 350 g/mol. The van der Waals surface area contributed by atoms with Gasteiger partial charge in [0.15, 0.2) is 0 Å². The van der Waals surface area contributed by atoms with E-state index in [1.54, 1.807) is 35.2 Å². The molecule has 0 aliphatic rings. The maximum absolute atomic E-state index is 13.5. The molecule has 0 heterocycles. The molecule has 0 radical (unpaired) electrons. The molecule has 2 rings (SSSR count). The smallest absolute Gasteiger partial charge is 0.221 e. The molecule has 0 fully saturated rings.